The Morgan fingerprint density at radius 2 is 2.23 bits per heavy atom. The molecule has 1 spiro atoms. The predicted molar refractivity (Wildman–Crippen MR) is 112 cm³/mol. The Balaban J connectivity index is 1.23. The van der Waals surface area contributed by atoms with Crippen molar-refractivity contribution in [3.05, 3.63) is 65.0 Å². The van der Waals surface area contributed by atoms with Gasteiger partial charge in [-0.2, -0.15) is 5.26 Å². The number of rotatable bonds is 6. The van der Waals surface area contributed by atoms with Gasteiger partial charge in [0.25, 0.3) is 5.91 Å². The lowest BCUT2D eigenvalue weighted by Crippen LogP contribution is -2.66. The Bertz CT molecular complexity index is 947. The summed E-state index contributed by atoms with van der Waals surface area (Å²) < 4.78 is 12.0. The molecule has 6 nitrogen and oxygen atoms in total. The van der Waals surface area contributed by atoms with E-state index in [1.807, 2.05) is 24.2 Å². The van der Waals surface area contributed by atoms with Crippen LogP contribution in [-0.2, 0) is 16.1 Å². The fraction of sp³-hybridized carbons (Fsp3) is 0.458. The normalized spacial score (nSPS) is 19.9. The molecule has 2 saturated heterocycles. The van der Waals surface area contributed by atoms with Crippen molar-refractivity contribution >= 4 is 5.91 Å². The van der Waals surface area contributed by atoms with Crippen molar-refractivity contribution < 1.29 is 14.3 Å². The zero-order valence-electron chi connectivity index (χ0n) is 17.3. The smallest absolute Gasteiger partial charge is 0.254 e. The molecule has 156 valence electrons. The first-order valence-electron chi connectivity index (χ1n) is 10.5. The van der Waals surface area contributed by atoms with Crippen molar-refractivity contribution in [3.63, 3.8) is 0 Å². The minimum absolute atomic E-state index is 0.0291. The van der Waals surface area contributed by atoms with Gasteiger partial charge in [0.1, 0.15) is 5.60 Å². The number of carbonyl (C=O) groups excluding carboxylic acids is 1. The maximum atomic E-state index is 12.7. The molecule has 0 bridgehead atoms. The van der Waals surface area contributed by atoms with Crippen LogP contribution in [0, 0.1) is 24.2 Å². The average molecular weight is 405 g/mol. The monoisotopic (exact) mass is 405 g/mol. The van der Waals surface area contributed by atoms with Crippen LogP contribution in [0.1, 0.15) is 46.3 Å². The number of hydrogen-bond acceptors (Lipinski definition) is 5. The number of aromatic nitrogens is 1. The number of amides is 1. The molecule has 3 heterocycles. The Morgan fingerprint density at radius 3 is 3.03 bits per heavy atom. The van der Waals surface area contributed by atoms with E-state index in [0.717, 1.165) is 43.6 Å². The van der Waals surface area contributed by atoms with Crippen LogP contribution in [0.15, 0.2) is 42.7 Å². The molecule has 2 aliphatic heterocycles. The molecule has 1 aromatic carbocycles. The maximum Gasteiger partial charge on any atom is 0.254 e. The van der Waals surface area contributed by atoms with Gasteiger partial charge in [-0.25, -0.2) is 0 Å². The highest BCUT2D eigenvalue weighted by atomic mass is 16.5. The molecule has 30 heavy (non-hydrogen) atoms. The van der Waals surface area contributed by atoms with Crippen molar-refractivity contribution in [1.29, 1.82) is 5.26 Å². The van der Waals surface area contributed by atoms with Crippen molar-refractivity contribution in [2.75, 3.05) is 26.3 Å². The molecule has 0 N–H and O–H groups in total. The Morgan fingerprint density at radius 1 is 1.37 bits per heavy atom. The summed E-state index contributed by atoms with van der Waals surface area (Å²) in [5, 5.41) is 9.04. The molecule has 6 heteroatoms. The first-order chi connectivity index (χ1) is 14.6. The molecule has 2 fully saturated rings. The number of ether oxygens (including phenoxy) is 2. The number of nitrogens with zero attached hydrogens (tertiary/aromatic N) is 3. The van der Waals surface area contributed by atoms with Crippen LogP contribution in [-0.4, -0.2) is 47.7 Å². The van der Waals surface area contributed by atoms with Crippen LogP contribution in [0.25, 0.3) is 0 Å². The van der Waals surface area contributed by atoms with Crippen molar-refractivity contribution in [2.45, 2.75) is 38.4 Å². The number of aryl methyl sites for hydroxylation is 1. The van der Waals surface area contributed by atoms with E-state index < -0.39 is 0 Å². The van der Waals surface area contributed by atoms with E-state index in [9.17, 15) is 4.79 Å². The summed E-state index contributed by atoms with van der Waals surface area (Å²) in [5.74, 6) is 0.520. The third-order valence-electron chi connectivity index (χ3n) is 5.95. The quantitative estimate of drug-likeness (QED) is 0.688. The first kappa shape index (κ1) is 20.5. The number of hydrogen-bond donors (Lipinski definition) is 0. The minimum Gasteiger partial charge on any atom is -0.377 e. The fourth-order valence-corrected chi connectivity index (χ4v) is 4.43. The molecule has 0 saturated carbocycles. The zero-order chi connectivity index (χ0) is 21.0. The fourth-order valence-electron chi connectivity index (χ4n) is 4.43. The third kappa shape index (κ3) is 4.69. The topological polar surface area (TPSA) is 75.5 Å². The molecule has 4 rings (SSSR count). The standard InChI is InChI=1S/C24H27N3O3/c1-18-9-21(14-26-13-18)15-29-7-5-19-6-8-30-24(11-19)16-27(17-24)23(28)22-4-2-3-20(10-22)12-25/h2-4,9-10,13-14,19H,5-8,11,15-17H2,1H3. The SMILES string of the molecule is Cc1cncc(COCCC2CCOC3(C2)CN(C(=O)c2cccc(C#N)c2)C3)c1. The van der Waals surface area contributed by atoms with E-state index in [1.54, 1.807) is 24.3 Å². The van der Waals surface area contributed by atoms with Gasteiger partial charge in [0, 0.05) is 31.2 Å². The van der Waals surface area contributed by atoms with E-state index >= 15 is 0 Å². The summed E-state index contributed by atoms with van der Waals surface area (Å²) in [6.07, 6.45) is 6.70. The molecule has 0 aliphatic carbocycles. The van der Waals surface area contributed by atoms with Gasteiger partial charge in [-0.1, -0.05) is 12.1 Å². The molecule has 1 atom stereocenters. The Hall–Kier alpha value is -2.75. The summed E-state index contributed by atoms with van der Waals surface area (Å²) in [5.41, 5.74) is 3.10. The van der Waals surface area contributed by atoms with Gasteiger partial charge in [-0.05, 0) is 61.4 Å². The second kappa shape index (κ2) is 8.95. The van der Waals surface area contributed by atoms with E-state index in [2.05, 4.69) is 17.1 Å². The zero-order valence-corrected chi connectivity index (χ0v) is 17.3. The lowest BCUT2D eigenvalue weighted by atomic mass is 9.79. The van der Waals surface area contributed by atoms with Crippen LogP contribution in [0.5, 0.6) is 0 Å². The molecule has 1 unspecified atom stereocenters. The van der Waals surface area contributed by atoms with E-state index in [1.165, 1.54) is 0 Å². The number of carbonyl (C=O) groups is 1. The number of likely N-dealkylation sites (tertiary alicyclic amines) is 1. The van der Waals surface area contributed by atoms with Crippen molar-refractivity contribution in [2.24, 2.45) is 5.92 Å². The van der Waals surface area contributed by atoms with Gasteiger partial charge in [0.2, 0.25) is 0 Å². The number of nitriles is 1. The van der Waals surface area contributed by atoms with Gasteiger partial charge in [-0.15, -0.1) is 0 Å². The molecule has 0 radical (unpaired) electrons. The highest BCUT2D eigenvalue weighted by molar-refractivity contribution is 5.95. The van der Waals surface area contributed by atoms with E-state index in [-0.39, 0.29) is 11.5 Å². The highest BCUT2D eigenvalue weighted by Gasteiger charge is 2.49. The summed E-state index contributed by atoms with van der Waals surface area (Å²) in [4.78, 5) is 18.7. The molecular weight excluding hydrogens is 378 g/mol. The molecule has 1 amide bonds. The molecule has 2 aliphatic rings. The molecule has 2 aromatic rings. The van der Waals surface area contributed by atoms with E-state index in [0.29, 0.717) is 36.7 Å². The first-order valence-corrected chi connectivity index (χ1v) is 10.5. The van der Waals surface area contributed by atoms with Gasteiger partial charge in [0.15, 0.2) is 0 Å². The van der Waals surface area contributed by atoms with Gasteiger partial charge >= 0.3 is 0 Å². The largest absolute Gasteiger partial charge is 0.377 e. The number of benzene rings is 1. The second-order valence-electron chi connectivity index (χ2n) is 8.46. The van der Waals surface area contributed by atoms with Crippen molar-refractivity contribution in [1.82, 2.24) is 9.88 Å². The number of pyridine rings is 1. The highest BCUT2D eigenvalue weighted by Crippen LogP contribution is 2.38. The van der Waals surface area contributed by atoms with Gasteiger partial charge in [0.05, 0.1) is 31.3 Å². The molecule has 1 aromatic heterocycles. The van der Waals surface area contributed by atoms with Gasteiger partial charge < -0.3 is 14.4 Å². The van der Waals surface area contributed by atoms with Gasteiger partial charge in [-0.3, -0.25) is 9.78 Å². The average Bonchev–Trinajstić information content (AvgIpc) is 2.75. The molecular formula is C24H27N3O3. The summed E-state index contributed by atoms with van der Waals surface area (Å²) in [6, 6.07) is 11.1. The third-order valence-corrected chi connectivity index (χ3v) is 5.95. The van der Waals surface area contributed by atoms with Crippen LogP contribution in [0.4, 0.5) is 0 Å². The summed E-state index contributed by atoms with van der Waals surface area (Å²) >= 11 is 0. The van der Waals surface area contributed by atoms with Crippen LogP contribution in [0.3, 0.4) is 0 Å². The summed E-state index contributed by atoms with van der Waals surface area (Å²) in [7, 11) is 0. The lowest BCUT2D eigenvalue weighted by molar-refractivity contribution is -0.167. The predicted octanol–water partition coefficient (Wildman–Crippen LogP) is 3.49. The van der Waals surface area contributed by atoms with E-state index in [4.69, 9.17) is 14.7 Å². The van der Waals surface area contributed by atoms with Crippen molar-refractivity contribution in [3.8, 4) is 6.07 Å². The summed E-state index contributed by atoms with van der Waals surface area (Å²) in [6.45, 7) is 5.32. The maximum absolute atomic E-state index is 12.7. The Kier molecular flexibility index (Phi) is 6.12. The Labute approximate surface area is 177 Å². The lowest BCUT2D eigenvalue weighted by Gasteiger charge is -2.53. The second-order valence-corrected chi connectivity index (χ2v) is 8.46. The van der Waals surface area contributed by atoms with Crippen LogP contribution in [0.2, 0.25) is 0 Å². The van der Waals surface area contributed by atoms with Crippen LogP contribution < -0.4 is 0 Å². The minimum atomic E-state index is -0.216. The van der Waals surface area contributed by atoms with Crippen LogP contribution >= 0.6 is 0 Å².